The lowest BCUT2D eigenvalue weighted by molar-refractivity contribution is 0.0790. The van der Waals surface area contributed by atoms with Gasteiger partial charge in [-0.3, -0.25) is 4.79 Å². The molecule has 1 aliphatic heterocycles. The van der Waals surface area contributed by atoms with Crippen LogP contribution in [0.2, 0.25) is 5.02 Å². The lowest BCUT2D eigenvalue weighted by atomic mass is 10.1. The van der Waals surface area contributed by atoms with Gasteiger partial charge in [0.2, 0.25) is 0 Å². The average molecular weight is 341 g/mol. The number of nitrogens with zero attached hydrogens (tertiary/aromatic N) is 4. The Morgan fingerprint density at radius 3 is 2.96 bits per heavy atom. The first-order valence-electron chi connectivity index (χ1n) is 7.95. The fraction of sp³-hybridized carbons (Fsp3) is 0.278. The molecule has 1 atom stereocenters. The molecule has 0 saturated carbocycles. The van der Waals surface area contributed by atoms with Crippen molar-refractivity contribution in [3.8, 4) is 0 Å². The number of fused-ring (bicyclic) bond motifs is 1. The molecule has 1 saturated heterocycles. The third kappa shape index (κ3) is 2.55. The van der Waals surface area contributed by atoms with Crippen molar-refractivity contribution in [3.05, 3.63) is 59.0 Å². The van der Waals surface area contributed by atoms with Gasteiger partial charge in [0, 0.05) is 42.8 Å². The minimum Gasteiger partial charge on any atom is -0.338 e. The molecule has 0 aliphatic carbocycles. The number of imidazole rings is 1. The van der Waals surface area contributed by atoms with E-state index in [2.05, 4.69) is 4.98 Å². The summed E-state index contributed by atoms with van der Waals surface area (Å²) in [6.45, 7) is 1.40. The molecule has 122 valence electrons. The van der Waals surface area contributed by atoms with E-state index in [1.54, 1.807) is 30.5 Å². The number of benzene rings is 1. The van der Waals surface area contributed by atoms with Crippen LogP contribution in [0.3, 0.4) is 0 Å². The summed E-state index contributed by atoms with van der Waals surface area (Å²) in [6.07, 6.45) is 2.68. The molecule has 0 bridgehead atoms. The normalized spacial score (nSPS) is 17.6. The zero-order chi connectivity index (χ0) is 16.7. The number of rotatable bonds is 2. The summed E-state index contributed by atoms with van der Waals surface area (Å²) in [4.78, 5) is 23.6. The SMILES string of the molecule is Cn1c(C2CCN(C(=O)c3cccc(Cl)c3)C2)nc2cccnc21. The maximum absolute atomic E-state index is 12.7. The van der Waals surface area contributed by atoms with Crippen molar-refractivity contribution in [3.63, 3.8) is 0 Å². The van der Waals surface area contributed by atoms with E-state index in [4.69, 9.17) is 16.6 Å². The zero-order valence-corrected chi connectivity index (χ0v) is 14.1. The van der Waals surface area contributed by atoms with Crippen LogP contribution < -0.4 is 0 Å². The second kappa shape index (κ2) is 5.91. The van der Waals surface area contributed by atoms with Gasteiger partial charge in [-0.25, -0.2) is 9.97 Å². The lowest BCUT2D eigenvalue weighted by Gasteiger charge is -2.16. The van der Waals surface area contributed by atoms with Crippen molar-refractivity contribution in [2.24, 2.45) is 7.05 Å². The second-order valence-electron chi connectivity index (χ2n) is 6.12. The van der Waals surface area contributed by atoms with E-state index in [1.807, 2.05) is 28.6 Å². The molecular weight excluding hydrogens is 324 g/mol. The number of hydrogen-bond donors (Lipinski definition) is 0. The van der Waals surface area contributed by atoms with Crippen LogP contribution in [0, 0.1) is 0 Å². The first-order valence-corrected chi connectivity index (χ1v) is 8.33. The monoisotopic (exact) mass is 340 g/mol. The van der Waals surface area contributed by atoms with Crippen molar-refractivity contribution >= 4 is 28.7 Å². The van der Waals surface area contributed by atoms with Gasteiger partial charge in [0.15, 0.2) is 5.65 Å². The maximum atomic E-state index is 12.7. The first-order chi connectivity index (χ1) is 11.6. The number of carbonyl (C=O) groups is 1. The molecule has 1 aliphatic rings. The van der Waals surface area contributed by atoms with Gasteiger partial charge in [-0.1, -0.05) is 17.7 Å². The van der Waals surface area contributed by atoms with E-state index in [0.29, 0.717) is 17.1 Å². The van der Waals surface area contributed by atoms with Crippen molar-refractivity contribution in [2.75, 3.05) is 13.1 Å². The predicted molar refractivity (Wildman–Crippen MR) is 93.2 cm³/mol. The van der Waals surface area contributed by atoms with E-state index < -0.39 is 0 Å². The summed E-state index contributed by atoms with van der Waals surface area (Å²) >= 11 is 6.00. The number of carbonyl (C=O) groups excluding carboxylic acids is 1. The number of likely N-dealkylation sites (tertiary alicyclic amines) is 1. The van der Waals surface area contributed by atoms with Gasteiger partial charge in [-0.05, 0) is 36.8 Å². The molecule has 0 radical (unpaired) electrons. The highest BCUT2D eigenvalue weighted by Crippen LogP contribution is 2.29. The van der Waals surface area contributed by atoms with Gasteiger partial charge in [0.25, 0.3) is 5.91 Å². The Hall–Kier alpha value is -2.40. The molecular formula is C18H17ClN4O. The molecule has 0 N–H and O–H groups in total. The van der Waals surface area contributed by atoms with Gasteiger partial charge in [0.1, 0.15) is 11.3 Å². The molecule has 3 heterocycles. The van der Waals surface area contributed by atoms with E-state index in [1.165, 1.54) is 0 Å². The number of pyridine rings is 1. The summed E-state index contributed by atoms with van der Waals surface area (Å²) in [6, 6.07) is 11.0. The zero-order valence-electron chi connectivity index (χ0n) is 13.3. The number of aryl methyl sites for hydroxylation is 1. The molecule has 0 spiro atoms. The highest BCUT2D eigenvalue weighted by molar-refractivity contribution is 6.30. The Kier molecular flexibility index (Phi) is 3.73. The molecule has 4 rings (SSSR count). The van der Waals surface area contributed by atoms with Crippen LogP contribution in [0.15, 0.2) is 42.6 Å². The fourth-order valence-corrected chi connectivity index (χ4v) is 3.56. The second-order valence-corrected chi connectivity index (χ2v) is 6.56. The summed E-state index contributed by atoms with van der Waals surface area (Å²) in [5, 5.41) is 0.582. The van der Waals surface area contributed by atoms with Crippen molar-refractivity contribution in [2.45, 2.75) is 12.3 Å². The Balaban J connectivity index is 1.57. The van der Waals surface area contributed by atoms with Gasteiger partial charge in [0.05, 0.1) is 0 Å². The Labute approximate surface area is 144 Å². The molecule has 24 heavy (non-hydrogen) atoms. The van der Waals surface area contributed by atoms with Crippen LogP contribution in [0.1, 0.15) is 28.5 Å². The molecule has 6 heteroatoms. The van der Waals surface area contributed by atoms with Crippen LogP contribution in [0.4, 0.5) is 0 Å². The summed E-state index contributed by atoms with van der Waals surface area (Å²) < 4.78 is 2.04. The van der Waals surface area contributed by atoms with E-state index >= 15 is 0 Å². The minimum atomic E-state index is 0.0249. The van der Waals surface area contributed by atoms with Gasteiger partial charge in [-0.15, -0.1) is 0 Å². The van der Waals surface area contributed by atoms with Crippen LogP contribution in [-0.2, 0) is 7.05 Å². The Bertz CT molecular complexity index is 920. The number of aromatic nitrogens is 3. The largest absolute Gasteiger partial charge is 0.338 e. The van der Waals surface area contributed by atoms with Crippen LogP contribution in [0.25, 0.3) is 11.2 Å². The van der Waals surface area contributed by atoms with Crippen molar-refractivity contribution in [1.29, 1.82) is 0 Å². The summed E-state index contributed by atoms with van der Waals surface area (Å²) in [7, 11) is 1.99. The number of halogens is 1. The van der Waals surface area contributed by atoms with Crippen molar-refractivity contribution in [1.82, 2.24) is 19.4 Å². The standard InChI is InChI=1S/C18H17ClN4O/c1-22-16(21-15-6-3-8-20-17(15)22)13-7-9-23(11-13)18(24)12-4-2-5-14(19)10-12/h2-6,8,10,13H,7,9,11H2,1H3. The molecule has 3 aromatic rings. The predicted octanol–water partition coefficient (Wildman–Crippen LogP) is 3.25. The maximum Gasteiger partial charge on any atom is 0.253 e. The molecule has 1 fully saturated rings. The average Bonchev–Trinajstić information content (AvgIpc) is 3.20. The van der Waals surface area contributed by atoms with E-state index in [9.17, 15) is 4.79 Å². The quantitative estimate of drug-likeness (QED) is 0.719. The van der Waals surface area contributed by atoms with Crippen LogP contribution in [0.5, 0.6) is 0 Å². The number of amides is 1. The smallest absolute Gasteiger partial charge is 0.253 e. The highest BCUT2D eigenvalue weighted by Gasteiger charge is 2.31. The van der Waals surface area contributed by atoms with E-state index in [-0.39, 0.29) is 11.8 Å². The highest BCUT2D eigenvalue weighted by atomic mass is 35.5. The molecule has 1 aromatic carbocycles. The summed E-state index contributed by atoms with van der Waals surface area (Å²) in [5.41, 5.74) is 2.41. The van der Waals surface area contributed by atoms with E-state index in [0.717, 1.165) is 30.0 Å². The molecule has 5 nitrogen and oxygen atoms in total. The fourth-order valence-electron chi connectivity index (χ4n) is 3.37. The van der Waals surface area contributed by atoms with Gasteiger partial charge < -0.3 is 9.47 Å². The van der Waals surface area contributed by atoms with Crippen LogP contribution >= 0.6 is 11.6 Å². The van der Waals surface area contributed by atoms with Crippen molar-refractivity contribution < 1.29 is 4.79 Å². The molecule has 1 amide bonds. The van der Waals surface area contributed by atoms with Gasteiger partial charge in [-0.2, -0.15) is 0 Å². The van der Waals surface area contributed by atoms with Gasteiger partial charge >= 0.3 is 0 Å². The van der Waals surface area contributed by atoms with Crippen LogP contribution in [-0.4, -0.2) is 38.4 Å². The Morgan fingerprint density at radius 2 is 2.17 bits per heavy atom. The minimum absolute atomic E-state index is 0.0249. The molecule has 2 aromatic heterocycles. The first kappa shape index (κ1) is 15.1. The topological polar surface area (TPSA) is 51.0 Å². The third-order valence-electron chi connectivity index (χ3n) is 4.57. The molecule has 1 unspecified atom stereocenters. The Morgan fingerprint density at radius 1 is 1.29 bits per heavy atom. The summed E-state index contributed by atoms with van der Waals surface area (Å²) in [5.74, 6) is 1.24. The third-order valence-corrected chi connectivity index (χ3v) is 4.81. The number of hydrogen-bond acceptors (Lipinski definition) is 3. The lowest BCUT2D eigenvalue weighted by Crippen LogP contribution is -2.28.